The highest BCUT2D eigenvalue weighted by molar-refractivity contribution is 7.17. The molecule has 0 bridgehead atoms. The predicted octanol–water partition coefficient (Wildman–Crippen LogP) is 3.36. The van der Waals surface area contributed by atoms with Crippen LogP contribution < -0.4 is 4.90 Å². The molecular formula is C16H12ClN3O2S. The van der Waals surface area contributed by atoms with Crippen LogP contribution in [0.4, 0.5) is 5.95 Å². The van der Waals surface area contributed by atoms with Crippen LogP contribution in [0.15, 0.2) is 35.8 Å². The number of benzene rings is 1. The Morgan fingerprint density at radius 3 is 3.09 bits per heavy atom. The molecule has 3 heterocycles. The number of rotatable bonds is 2. The standard InChI is InChI=1S/C16H12ClN3O2S/c17-11-3-1-2-9-8-20(13(15(21)22)6-10(9)11)16-18-7-14-12(19-16)4-5-23-14/h1-5,7,13H,6,8H2,(H,21,22)/t13-/m0/s1. The van der Waals surface area contributed by atoms with Gasteiger partial charge < -0.3 is 10.0 Å². The summed E-state index contributed by atoms with van der Waals surface area (Å²) in [5.41, 5.74) is 2.75. The fourth-order valence-corrected chi connectivity index (χ4v) is 3.87. The quantitative estimate of drug-likeness (QED) is 0.771. The van der Waals surface area contributed by atoms with Gasteiger partial charge in [0.15, 0.2) is 0 Å². The molecule has 1 aliphatic heterocycles. The summed E-state index contributed by atoms with van der Waals surface area (Å²) >= 11 is 7.79. The van der Waals surface area contributed by atoms with E-state index in [1.54, 1.807) is 28.5 Å². The van der Waals surface area contributed by atoms with E-state index in [0.717, 1.165) is 21.3 Å². The Hall–Kier alpha value is -2.18. The van der Waals surface area contributed by atoms with E-state index in [9.17, 15) is 9.90 Å². The molecule has 4 rings (SSSR count). The van der Waals surface area contributed by atoms with Crippen LogP contribution in [0.5, 0.6) is 0 Å². The highest BCUT2D eigenvalue weighted by Crippen LogP contribution is 2.32. The topological polar surface area (TPSA) is 66.3 Å². The van der Waals surface area contributed by atoms with E-state index in [1.807, 2.05) is 23.6 Å². The molecule has 7 heteroatoms. The van der Waals surface area contributed by atoms with Crippen LogP contribution in [0.3, 0.4) is 0 Å². The van der Waals surface area contributed by atoms with Crippen LogP contribution >= 0.6 is 22.9 Å². The fourth-order valence-electron chi connectivity index (χ4n) is 2.90. The van der Waals surface area contributed by atoms with Gasteiger partial charge in [0, 0.05) is 18.0 Å². The van der Waals surface area contributed by atoms with Crippen molar-refractivity contribution in [3.8, 4) is 0 Å². The summed E-state index contributed by atoms with van der Waals surface area (Å²) in [5.74, 6) is -0.460. The molecule has 0 fully saturated rings. The minimum Gasteiger partial charge on any atom is -0.480 e. The van der Waals surface area contributed by atoms with Gasteiger partial charge in [0.2, 0.25) is 5.95 Å². The number of anilines is 1. The van der Waals surface area contributed by atoms with Crippen molar-refractivity contribution in [3.63, 3.8) is 0 Å². The lowest BCUT2D eigenvalue weighted by molar-refractivity contribution is -0.138. The highest BCUT2D eigenvalue weighted by atomic mass is 35.5. The molecule has 1 aliphatic rings. The zero-order valence-corrected chi connectivity index (χ0v) is 13.5. The maximum Gasteiger partial charge on any atom is 0.326 e. The Labute approximate surface area is 141 Å². The molecule has 2 aromatic heterocycles. The number of carboxylic acid groups (broad SMARTS) is 1. The number of hydrogen-bond donors (Lipinski definition) is 1. The summed E-state index contributed by atoms with van der Waals surface area (Å²) in [7, 11) is 0. The SMILES string of the molecule is O=C(O)[C@@H]1Cc2c(Cl)cccc2CN1c1ncc2sccc2n1. The molecule has 0 unspecified atom stereocenters. The second-order valence-corrected chi connectivity index (χ2v) is 6.76. The first-order valence-electron chi connectivity index (χ1n) is 7.09. The van der Waals surface area contributed by atoms with Gasteiger partial charge >= 0.3 is 5.97 Å². The number of carbonyl (C=O) groups is 1. The molecule has 0 amide bonds. The molecular weight excluding hydrogens is 334 g/mol. The van der Waals surface area contributed by atoms with E-state index in [4.69, 9.17) is 11.6 Å². The van der Waals surface area contributed by atoms with Gasteiger partial charge in [-0.3, -0.25) is 0 Å². The van der Waals surface area contributed by atoms with Crippen LogP contribution in [0.1, 0.15) is 11.1 Å². The minimum absolute atomic E-state index is 0.343. The van der Waals surface area contributed by atoms with E-state index in [2.05, 4.69) is 9.97 Å². The van der Waals surface area contributed by atoms with E-state index in [0.29, 0.717) is 23.9 Å². The second kappa shape index (κ2) is 5.47. The number of hydrogen-bond acceptors (Lipinski definition) is 5. The first-order chi connectivity index (χ1) is 11.1. The maximum atomic E-state index is 11.7. The van der Waals surface area contributed by atoms with Gasteiger partial charge in [-0.15, -0.1) is 11.3 Å². The summed E-state index contributed by atoms with van der Waals surface area (Å²) in [6, 6.07) is 6.83. The van der Waals surface area contributed by atoms with Crippen LogP contribution in [0.25, 0.3) is 10.2 Å². The number of fused-ring (bicyclic) bond motifs is 2. The fraction of sp³-hybridized carbons (Fsp3) is 0.188. The molecule has 0 aliphatic carbocycles. The molecule has 0 saturated carbocycles. The number of aliphatic carboxylic acids is 1. The van der Waals surface area contributed by atoms with E-state index in [-0.39, 0.29) is 0 Å². The molecule has 0 spiro atoms. The zero-order valence-electron chi connectivity index (χ0n) is 11.9. The molecule has 1 aromatic carbocycles. The molecule has 1 atom stereocenters. The number of nitrogens with zero attached hydrogens (tertiary/aromatic N) is 3. The van der Waals surface area contributed by atoms with Gasteiger partial charge in [0.1, 0.15) is 6.04 Å². The van der Waals surface area contributed by atoms with Crippen molar-refractivity contribution in [2.75, 3.05) is 4.90 Å². The van der Waals surface area contributed by atoms with Crippen LogP contribution in [0.2, 0.25) is 5.02 Å². The van der Waals surface area contributed by atoms with Crippen LogP contribution in [0, 0.1) is 0 Å². The molecule has 3 aromatic rings. The van der Waals surface area contributed by atoms with Gasteiger partial charge in [-0.05, 0) is 28.6 Å². The van der Waals surface area contributed by atoms with Crippen LogP contribution in [-0.4, -0.2) is 27.1 Å². The lowest BCUT2D eigenvalue weighted by atomic mass is 9.94. The van der Waals surface area contributed by atoms with Crippen molar-refractivity contribution in [1.82, 2.24) is 9.97 Å². The van der Waals surface area contributed by atoms with Gasteiger partial charge in [-0.25, -0.2) is 14.8 Å². The second-order valence-electron chi connectivity index (χ2n) is 5.40. The van der Waals surface area contributed by atoms with Gasteiger partial charge in [0.05, 0.1) is 16.4 Å². The average Bonchev–Trinajstić information content (AvgIpc) is 3.01. The van der Waals surface area contributed by atoms with Gasteiger partial charge in [-0.1, -0.05) is 23.7 Å². The summed E-state index contributed by atoms with van der Waals surface area (Å²) in [5, 5.41) is 12.2. The van der Waals surface area contributed by atoms with E-state index in [1.165, 1.54) is 0 Å². The molecule has 23 heavy (non-hydrogen) atoms. The van der Waals surface area contributed by atoms with E-state index >= 15 is 0 Å². The van der Waals surface area contributed by atoms with Crippen molar-refractivity contribution < 1.29 is 9.90 Å². The lowest BCUT2D eigenvalue weighted by Gasteiger charge is -2.34. The molecule has 0 saturated heterocycles. The number of thiophene rings is 1. The summed E-state index contributed by atoms with van der Waals surface area (Å²) in [6.07, 6.45) is 2.09. The Bertz CT molecular complexity index is 911. The first-order valence-corrected chi connectivity index (χ1v) is 8.35. The number of halogens is 1. The predicted molar refractivity (Wildman–Crippen MR) is 90.2 cm³/mol. The molecule has 1 N–H and O–H groups in total. The third kappa shape index (κ3) is 2.44. The van der Waals surface area contributed by atoms with Crippen molar-refractivity contribution in [2.24, 2.45) is 0 Å². The first kappa shape index (κ1) is 14.4. The maximum absolute atomic E-state index is 11.7. The monoisotopic (exact) mass is 345 g/mol. The Morgan fingerprint density at radius 1 is 1.39 bits per heavy atom. The van der Waals surface area contributed by atoms with E-state index < -0.39 is 12.0 Å². The zero-order chi connectivity index (χ0) is 16.0. The highest BCUT2D eigenvalue weighted by Gasteiger charge is 2.34. The normalized spacial score (nSPS) is 17.3. The Balaban J connectivity index is 1.80. The molecule has 0 radical (unpaired) electrons. The summed E-state index contributed by atoms with van der Waals surface area (Å²) < 4.78 is 0.987. The third-order valence-electron chi connectivity index (χ3n) is 4.06. The van der Waals surface area contributed by atoms with Crippen molar-refractivity contribution in [3.05, 3.63) is 52.0 Å². The minimum atomic E-state index is -0.899. The Morgan fingerprint density at radius 2 is 2.26 bits per heavy atom. The largest absolute Gasteiger partial charge is 0.480 e. The van der Waals surface area contributed by atoms with Crippen molar-refractivity contribution in [1.29, 1.82) is 0 Å². The molecule has 5 nitrogen and oxygen atoms in total. The summed E-state index contributed by atoms with van der Waals surface area (Å²) in [4.78, 5) is 22.3. The van der Waals surface area contributed by atoms with Gasteiger partial charge in [0.25, 0.3) is 0 Å². The average molecular weight is 346 g/mol. The molecule has 116 valence electrons. The Kier molecular flexibility index (Phi) is 3.43. The number of aromatic nitrogens is 2. The third-order valence-corrected chi connectivity index (χ3v) is 5.26. The smallest absolute Gasteiger partial charge is 0.326 e. The summed E-state index contributed by atoms with van der Waals surface area (Å²) in [6.45, 7) is 0.433. The van der Waals surface area contributed by atoms with Crippen LogP contribution in [-0.2, 0) is 17.8 Å². The van der Waals surface area contributed by atoms with Crippen molar-refractivity contribution in [2.45, 2.75) is 19.0 Å². The van der Waals surface area contributed by atoms with Crippen molar-refractivity contribution >= 4 is 45.1 Å². The number of carboxylic acids is 1. The lowest BCUT2D eigenvalue weighted by Crippen LogP contribution is -2.46. The van der Waals surface area contributed by atoms with Gasteiger partial charge in [-0.2, -0.15) is 0 Å².